The van der Waals surface area contributed by atoms with E-state index in [0.717, 1.165) is 12.4 Å². The number of nitrogens with zero attached hydrogens (tertiary/aromatic N) is 2. The Morgan fingerprint density at radius 2 is 2.29 bits per heavy atom. The molecule has 14 heavy (non-hydrogen) atoms. The first-order valence-electron chi connectivity index (χ1n) is 4.45. The Morgan fingerprint density at radius 1 is 1.50 bits per heavy atom. The molecule has 0 aliphatic rings. The first-order valence-corrected chi connectivity index (χ1v) is 4.45. The molecular formula is C10H15N3O. The van der Waals surface area contributed by atoms with Crippen LogP contribution in [0, 0.1) is 0 Å². The fourth-order valence-corrected chi connectivity index (χ4v) is 0.907. The molecule has 0 bridgehead atoms. The Kier molecular flexibility index (Phi) is 3.91. The van der Waals surface area contributed by atoms with Gasteiger partial charge in [0.05, 0.1) is 7.11 Å². The Bertz CT molecular complexity index is 319. The van der Waals surface area contributed by atoms with Gasteiger partial charge in [0.2, 0.25) is 5.88 Å². The van der Waals surface area contributed by atoms with Crippen molar-refractivity contribution in [3.63, 3.8) is 0 Å². The SMILES string of the molecule is COc1cc(NCC=C(C)C)ncn1. The summed E-state index contributed by atoms with van der Waals surface area (Å²) < 4.78 is 4.98. The van der Waals surface area contributed by atoms with E-state index in [0.29, 0.717) is 5.88 Å². The third-order valence-corrected chi connectivity index (χ3v) is 1.64. The summed E-state index contributed by atoms with van der Waals surface area (Å²) in [5, 5.41) is 3.14. The number of hydrogen-bond acceptors (Lipinski definition) is 4. The van der Waals surface area contributed by atoms with Crippen LogP contribution in [0.3, 0.4) is 0 Å². The van der Waals surface area contributed by atoms with E-state index < -0.39 is 0 Å². The maximum Gasteiger partial charge on any atom is 0.218 e. The third-order valence-electron chi connectivity index (χ3n) is 1.64. The van der Waals surface area contributed by atoms with Crippen LogP contribution in [-0.4, -0.2) is 23.6 Å². The predicted molar refractivity (Wildman–Crippen MR) is 56.5 cm³/mol. The summed E-state index contributed by atoms with van der Waals surface area (Å²) in [5.74, 6) is 1.34. The lowest BCUT2D eigenvalue weighted by atomic mass is 10.3. The van der Waals surface area contributed by atoms with Gasteiger partial charge in [-0.25, -0.2) is 9.97 Å². The van der Waals surface area contributed by atoms with E-state index in [4.69, 9.17) is 4.74 Å². The molecule has 0 atom stereocenters. The minimum absolute atomic E-state index is 0.569. The van der Waals surface area contributed by atoms with Gasteiger partial charge in [-0.15, -0.1) is 0 Å². The normalized spacial score (nSPS) is 9.36. The van der Waals surface area contributed by atoms with E-state index in [9.17, 15) is 0 Å². The largest absolute Gasteiger partial charge is 0.481 e. The molecule has 4 nitrogen and oxygen atoms in total. The second-order valence-corrected chi connectivity index (χ2v) is 3.11. The number of nitrogens with one attached hydrogen (secondary N) is 1. The van der Waals surface area contributed by atoms with E-state index in [1.807, 2.05) is 0 Å². The molecule has 0 saturated carbocycles. The van der Waals surface area contributed by atoms with E-state index in [2.05, 4.69) is 35.2 Å². The number of ether oxygens (including phenoxy) is 1. The second kappa shape index (κ2) is 5.21. The monoisotopic (exact) mass is 193 g/mol. The highest BCUT2D eigenvalue weighted by Gasteiger charge is 1.95. The quantitative estimate of drug-likeness (QED) is 0.741. The Labute approximate surface area is 84.0 Å². The summed E-state index contributed by atoms with van der Waals surface area (Å²) in [7, 11) is 1.59. The van der Waals surface area contributed by atoms with Gasteiger partial charge in [0.15, 0.2) is 0 Å². The van der Waals surface area contributed by atoms with Crippen LogP contribution in [0.2, 0.25) is 0 Å². The Morgan fingerprint density at radius 3 is 2.93 bits per heavy atom. The fraction of sp³-hybridized carbons (Fsp3) is 0.400. The molecule has 1 aromatic rings. The highest BCUT2D eigenvalue weighted by Crippen LogP contribution is 2.09. The number of rotatable bonds is 4. The minimum Gasteiger partial charge on any atom is -0.481 e. The van der Waals surface area contributed by atoms with Crippen LogP contribution in [0.4, 0.5) is 5.82 Å². The molecule has 0 aromatic carbocycles. The highest BCUT2D eigenvalue weighted by atomic mass is 16.5. The van der Waals surface area contributed by atoms with Crippen LogP contribution in [-0.2, 0) is 0 Å². The molecule has 0 fully saturated rings. The standard InChI is InChI=1S/C10H15N3O/c1-8(2)4-5-11-9-6-10(14-3)13-7-12-9/h4,6-7H,5H2,1-3H3,(H,11,12,13). The molecule has 1 aromatic heterocycles. The van der Waals surface area contributed by atoms with E-state index >= 15 is 0 Å². The van der Waals surface area contributed by atoms with Gasteiger partial charge in [0.1, 0.15) is 12.1 Å². The second-order valence-electron chi connectivity index (χ2n) is 3.11. The minimum atomic E-state index is 0.569. The zero-order valence-electron chi connectivity index (χ0n) is 8.74. The predicted octanol–water partition coefficient (Wildman–Crippen LogP) is 1.86. The van der Waals surface area contributed by atoms with Crippen molar-refractivity contribution in [1.82, 2.24) is 9.97 Å². The van der Waals surface area contributed by atoms with Gasteiger partial charge in [-0.1, -0.05) is 11.6 Å². The summed E-state index contributed by atoms with van der Waals surface area (Å²) in [5.41, 5.74) is 1.28. The molecule has 1 rings (SSSR count). The summed E-state index contributed by atoms with van der Waals surface area (Å²) >= 11 is 0. The molecule has 0 aliphatic heterocycles. The van der Waals surface area contributed by atoms with Crippen molar-refractivity contribution in [3.8, 4) is 5.88 Å². The number of allylic oxidation sites excluding steroid dienone is 1. The average molecular weight is 193 g/mol. The summed E-state index contributed by atoms with van der Waals surface area (Å²) in [6, 6.07) is 1.76. The summed E-state index contributed by atoms with van der Waals surface area (Å²) in [6.07, 6.45) is 3.57. The van der Waals surface area contributed by atoms with Crippen LogP contribution in [0.1, 0.15) is 13.8 Å². The molecular weight excluding hydrogens is 178 g/mol. The van der Waals surface area contributed by atoms with E-state index in [1.54, 1.807) is 13.2 Å². The van der Waals surface area contributed by atoms with Gasteiger partial charge in [-0.05, 0) is 13.8 Å². The van der Waals surface area contributed by atoms with Crippen LogP contribution >= 0.6 is 0 Å². The van der Waals surface area contributed by atoms with Gasteiger partial charge in [-0.3, -0.25) is 0 Å². The number of methoxy groups -OCH3 is 1. The Balaban J connectivity index is 2.54. The number of hydrogen-bond donors (Lipinski definition) is 1. The molecule has 0 unspecified atom stereocenters. The molecule has 1 N–H and O–H groups in total. The maximum atomic E-state index is 4.98. The molecule has 76 valence electrons. The fourth-order valence-electron chi connectivity index (χ4n) is 0.907. The molecule has 0 spiro atoms. The highest BCUT2D eigenvalue weighted by molar-refractivity contribution is 5.37. The zero-order valence-corrected chi connectivity index (χ0v) is 8.74. The summed E-state index contributed by atoms with van der Waals surface area (Å²) in [6.45, 7) is 4.88. The Hall–Kier alpha value is -1.58. The first-order chi connectivity index (χ1) is 6.72. The van der Waals surface area contributed by atoms with Gasteiger partial charge in [-0.2, -0.15) is 0 Å². The van der Waals surface area contributed by atoms with Gasteiger partial charge in [0.25, 0.3) is 0 Å². The summed E-state index contributed by atoms with van der Waals surface area (Å²) in [4.78, 5) is 7.97. The first kappa shape index (κ1) is 10.5. The van der Waals surface area contributed by atoms with Crippen LogP contribution in [0.5, 0.6) is 5.88 Å². The van der Waals surface area contributed by atoms with E-state index in [-0.39, 0.29) is 0 Å². The van der Waals surface area contributed by atoms with Gasteiger partial charge < -0.3 is 10.1 Å². The van der Waals surface area contributed by atoms with Crippen molar-refractivity contribution < 1.29 is 4.74 Å². The topological polar surface area (TPSA) is 47.0 Å². The van der Waals surface area contributed by atoms with Crippen molar-refractivity contribution in [2.24, 2.45) is 0 Å². The molecule has 0 radical (unpaired) electrons. The number of aromatic nitrogens is 2. The van der Waals surface area contributed by atoms with E-state index in [1.165, 1.54) is 11.9 Å². The van der Waals surface area contributed by atoms with Crippen molar-refractivity contribution in [2.75, 3.05) is 19.0 Å². The van der Waals surface area contributed by atoms with Crippen LogP contribution < -0.4 is 10.1 Å². The van der Waals surface area contributed by atoms with Crippen molar-refractivity contribution in [1.29, 1.82) is 0 Å². The lowest BCUT2D eigenvalue weighted by molar-refractivity contribution is 0.397. The van der Waals surface area contributed by atoms with Crippen molar-refractivity contribution in [3.05, 3.63) is 24.0 Å². The zero-order chi connectivity index (χ0) is 10.4. The smallest absolute Gasteiger partial charge is 0.218 e. The number of anilines is 1. The van der Waals surface area contributed by atoms with Crippen molar-refractivity contribution >= 4 is 5.82 Å². The lowest BCUT2D eigenvalue weighted by Gasteiger charge is -2.03. The third kappa shape index (κ3) is 3.43. The molecule has 4 heteroatoms. The van der Waals surface area contributed by atoms with Gasteiger partial charge in [0, 0.05) is 12.6 Å². The molecule has 0 saturated heterocycles. The maximum absolute atomic E-state index is 4.98. The average Bonchev–Trinajstić information content (AvgIpc) is 2.18. The van der Waals surface area contributed by atoms with Crippen LogP contribution in [0.25, 0.3) is 0 Å². The van der Waals surface area contributed by atoms with Crippen molar-refractivity contribution in [2.45, 2.75) is 13.8 Å². The lowest BCUT2D eigenvalue weighted by Crippen LogP contribution is -2.01. The van der Waals surface area contributed by atoms with Gasteiger partial charge >= 0.3 is 0 Å². The molecule has 1 heterocycles. The van der Waals surface area contributed by atoms with Crippen LogP contribution in [0.15, 0.2) is 24.0 Å². The molecule has 0 aliphatic carbocycles. The molecule has 0 amide bonds.